The van der Waals surface area contributed by atoms with Gasteiger partial charge < -0.3 is 32.5 Å². The first-order chi connectivity index (χ1) is 11.9. The van der Waals surface area contributed by atoms with Gasteiger partial charge in [0.15, 0.2) is 0 Å². The van der Waals surface area contributed by atoms with Crippen molar-refractivity contribution in [1.29, 1.82) is 0 Å². The Labute approximate surface area is 161 Å². The van der Waals surface area contributed by atoms with Crippen LogP contribution in [0.2, 0.25) is 0 Å². The summed E-state index contributed by atoms with van der Waals surface area (Å²) in [6.07, 6.45) is 4.10. The predicted octanol–water partition coefficient (Wildman–Crippen LogP) is 2.24. The van der Waals surface area contributed by atoms with Crippen molar-refractivity contribution < 1.29 is 29.7 Å². The van der Waals surface area contributed by atoms with Crippen LogP contribution in [0.4, 0.5) is 0 Å². The summed E-state index contributed by atoms with van der Waals surface area (Å²) in [6, 6.07) is 0. The highest BCUT2D eigenvalue weighted by molar-refractivity contribution is 5.80. The summed E-state index contributed by atoms with van der Waals surface area (Å²) in [6.45, 7) is 13.5. The molecule has 0 aliphatic heterocycles. The molecule has 0 saturated heterocycles. The Hall–Kier alpha value is -2.97. The third-order valence-electron chi connectivity index (χ3n) is 2.11. The van der Waals surface area contributed by atoms with E-state index in [0.717, 1.165) is 18.2 Å². The molecular weight excluding hydrogens is 354 g/mol. The van der Waals surface area contributed by atoms with Crippen molar-refractivity contribution in [3.8, 4) is 0 Å². The monoisotopic (exact) mass is 389 g/mol. The number of hydrogen-bond donors (Lipinski definition) is 6. The molecule has 0 aromatic rings. The maximum absolute atomic E-state index is 9.65. The molecule has 158 valence electrons. The number of carboxylic acid groups (broad SMARTS) is 3. The summed E-state index contributed by atoms with van der Waals surface area (Å²) in [5, 5.41) is 23.8. The molecule has 0 radical (unpaired) electrons. The minimum atomic E-state index is -1.000. The summed E-state index contributed by atoms with van der Waals surface area (Å²) in [7, 11) is 0. The zero-order valence-corrected chi connectivity index (χ0v) is 17.2. The van der Waals surface area contributed by atoms with Gasteiger partial charge >= 0.3 is 17.9 Å². The van der Waals surface area contributed by atoms with Crippen LogP contribution in [0, 0.1) is 5.41 Å². The fraction of sp³-hybridized carbons (Fsp3) is 0.500. The molecule has 9 heteroatoms. The molecule has 27 heavy (non-hydrogen) atoms. The molecule has 0 atom stereocenters. The molecule has 0 bridgehead atoms. The standard InChI is InChI=1S/C6H14.3C4H7NO2/c1-5-6(2,3)4;3*1-3(5)2-4(6)7/h5H2,1-4H3;3*2H,5H2,1H3,(H,6,7)/b;3*3-2-. The van der Waals surface area contributed by atoms with Gasteiger partial charge in [0, 0.05) is 35.3 Å². The molecule has 0 aliphatic carbocycles. The highest BCUT2D eigenvalue weighted by Crippen LogP contribution is 2.16. The summed E-state index contributed by atoms with van der Waals surface area (Å²) in [4.78, 5) is 29.0. The fourth-order valence-corrected chi connectivity index (χ4v) is 0.584. The van der Waals surface area contributed by atoms with Crippen LogP contribution in [-0.4, -0.2) is 33.2 Å². The second-order valence-corrected chi connectivity index (χ2v) is 6.59. The summed E-state index contributed by atoms with van der Waals surface area (Å²) in [5.74, 6) is -3.00. The van der Waals surface area contributed by atoms with Crippen molar-refractivity contribution in [2.45, 2.75) is 54.9 Å². The minimum Gasteiger partial charge on any atom is -0.478 e. The Bertz CT molecular complexity index is 465. The lowest BCUT2D eigenvalue weighted by Crippen LogP contribution is -2.00. The number of rotatable bonds is 3. The molecule has 0 saturated carbocycles. The first-order valence-corrected chi connectivity index (χ1v) is 7.94. The molecule has 0 rings (SSSR count). The van der Waals surface area contributed by atoms with Gasteiger partial charge in [-0.2, -0.15) is 0 Å². The van der Waals surface area contributed by atoms with Crippen LogP contribution < -0.4 is 17.2 Å². The minimum absolute atomic E-state index is 0.313. The van der Waals surface area contributed by atoms with Crippen LogP contribution in [-0.2, 0) is 14.4 Å². The van der Waals surface area contributed by atoms with Gasteiger partial charge in [0.2, 0.25) is 0 Å². The van der Waals surface area contributed by atoms with Gasteiger partial charge in [-0.1, -0.05) is 34.1 Å². The van der Waals surface area contributed by atoms with E-state index in [1.54, 1.807) is 0 Å². The number of nitrogens with two attached hydrogens (primary N) is 3. The Morgan fingerprint density at radius 3 is 0.852 bits per heavy atom. The molecule has 0 aliphatic rings. The second kappa shape index (κ2) is 17.8. The first-order valence-electron chi connectivity index (χ1n) is 7.94. The Morgan fingerprint density at radius 2 is 0.852 bits per heavy atom. The van der Waals surface area contributed by atoms with Crippen molar-refractivity contribution in [3.63, 3.8) is 0 Å². The maximum atomic E-state index is 9.65. The number of allylic oxidation sites excluding steroid dienone is 3. The molecule has 9 nitrogen and oxygen atoms in total. The third kappa shape index (κ3) is 70.4. The lowest BCUT2D eigenvalue weighted by molar-refractivity contribution is -0.132. The normalized spacial score (nSPS) is 11.4. The Balaban J connectivity index is -0.000000131. The Kier molecular flexibility index (Phi) is 21.0. The van der Waals surface area contributed by atoms with Crippen LogP contribution >= 0.6 is 0 Å². The van der Waals surface area contributed by atoms with Crippen molar-refractivity contribution in [2.24, 2.45) is 22.6 Å². The van der Waals surface area contributed by atoms with Gasteiger partial charge in [0.25, 0.3) is 0 Å². The number of carboxylic acids is 3. The quantitative estimate of drug-likeness (QED) is 0.393. The van der Waals surface area contributed by atoms with Crippen molar-refractivity contribution in [1.82, 2.24) is 0 Å². The molecule has 0 aromatic heterocycles. The largest absolute Gasteiger partial charge is 0.478 e. The number of carbonyl (C=O) groups is 3. The van der Waals surface area contributed by atoms with Crippen LogP contribution in [0.15, 0.2) is 35.3 Å². The molecular formula is C18H35N3O6. The predicted molar refractivity (Wildman–Crippen MR) is 106 cm³/mol. The van der Waals surface area contributed by atoms with Crippen molar-refractivity contribution >= 4 is 17.9 Å². The molecule has 9 N–H and O–H groups in total. The van der Waals surface area contributed by atoms with Gasteiger partial charge in [-0.05, 0) is 26.2 Å². The molecule has 0 aromatic carbocycles. The topological polar surface area (TPSA) is 190 Å². The maximum Gasteiger partial charge on any atom is 0.330 e. The van der Waals surface area contributed by atoms with Gasteiger partial charge in [-0.15, -0.1) is 0 Å². The lowest BCUT2D eigenvalue weighted by atomic mass is 9.94. The van der Waals surface area contributed by atoms with E-state index in [1.807, 2.05) is 0 Å². The van der Waals surface area contributed by atoms with E-state index < -0.39 is 17.9 Å². The smallest absolute Gasteiger partial charge is 0.330 e. The molecule has 0 fully saturated rings. The van der Waals surface area contributed by atoms with E-state index in [-0.39, 0.29) is 0 Å². The zero-order valence-electron chi connectivity index (χ0n) is 17.2. The van der Waals surface area contributed by atoms with Gasteiger partial charge in [-0.3, -0.25) is 0 Å². The van der Waals surface area contributed by atoms with Gasteiger partial charge in [0.05, 0.1) is 0 Å². The lowest BCUT2D eigenvalue weighted by Gasteiger charge is -2.12. The SMILES string of the molecule is C/C(N)=C/C(=O)O.C/C(N)=C/C(=O)O.C/C(N)=C/C(=O)O.CCC(C)(C)C. The molecule has 0 amide bonds. The average molecular weight is 389 g/mol. The van der Waals surface area contributed by atoms with Crippen LogP contribution in [0.1, 0.15) is 54.9 Å². The van der Waals surface area contributed by atoms with Crippen LogP contribution in [0.5, 0.6) is 0 Å². The van der Waals surface area contributed by atoms with E-state index in [9.17, 15) is 14.4 Å². The summed E-state index contributed by atoms with van der Waals surface area (Å²) in [5.41, 5.74) is 16.4. The second-order valence-electron chi connectivity index (χ2n) is 6.59. The van der Waals surface area contributed by atoms with E-state index in [0.29, 0.717) is 22.5 Å². The molecule has 0 unspecified atom stereocenters. The first kappa shape index (κ1) is 31.8. The fourth-order valence-electron chi connectivity index (χ4n) is 0.584. The van der Waals surface area contributed by atoms with Crippen molar-refractivity contribution in [3.05, 3.63) is 35.3 Å². The average Bonchev–Trinajstić information content (AvgIpc) is 2.34. The van der Waals surface area contributed by atoms with Crippen LogP contribution in [0.3, 0.4) is 0 Å². The van der Waals surface area contributed by atoms with E-state index in [4.69, 9.17) is 32.5 Å². The Morgan fingerprint density at radius 1 is 0.704 bits per heavy atom. The third-order valence-corrected chi connectivity index (χ3v) is 2.11. The van der Waals surface area contributed by atoms with Crippen molar-refractivity contribution in [2.75, 3.05) is 0 Å². The number of aliphatic carboxylic acids is 3. The summed E-state index contributed by atoms with van der Waals surface area (Å²) >= 11 is 0. The highest BCUT2D eigenvalue weighted by atomic mass is 16.4. The summed E-state index contributed by atoms with van der Waals surface area (Å²) < 4.78 is 0. The van der Waals surface area contributed by atoms with Gasteiger partial charge in [-0.25, -0.2) is 14.4 Å². The van der Waals surface area contributed by atoms with E-state index in [1.165, 1.54) is 27.2 Å². The van der Waals surface area contributed by atoms with E-state index in [2.05, 4.69) is 27.7 Å². The molecule has 0 heterocycles. The zero-order chi connectivity index (χ0) is 22.8. The number of hydrogen-bond acceptors (Lipinski definition) is 6. The van der Waals surface area contributed by atoms with Gasteiger partial charge in [0.1, 0.15) is 0 Å². The van der Waals surface area contributed by atoms with E-state index >= 15 is 0 Å². The molecule has 0 spiro atoms. The van der Waals surface area contributed by atoms with Crippen LogP contribution in [0.25, 0.3) is 0 Å². The highest BCUT2D eigenvalue weighted by Gasteiger charge is 2.03.